The molecule has 0 atom stereocenters. The van der Waals surface area contributed by atoms with Gasteiger partial charge in [0.1, 0.15) is 0 Å². The molecule has 0 fully saturated rings. The summed E-state index contributed by atoms with van der Waals surface area (Å²) >= 11 is 11.2. The molecule has 0 saturated heterocycles. The Labute approximate surface area is 121 Å². The van der Waals surface area contributed by atoms with Crippen LogP contribution in [0.5, 0.6) is 0 Å². The zero-order chi connectivity index (χ0) is 13.8. The van der Waals surface area contributed by atoms with Crippen LogP contribution in [0.15, 0.2) is 29.1 Å². The lowest BCUT2D eigenvalue weighted by molar-refractivity contribution is 0.833. The fraction of sp³-hybridized carbons (Fsp3) is 0.286. The van der Waals surface area contributed by atoms with Gasteiger partial charge in [0.05, 0.1) is 0 Å². The smallest absolute Gasteiger partial charge is 0.255 e. The van der Waals surface area contributed by atoms with Gasteiger partial charge in [-0.3, -0.25) is 9.78 Å². The molecule has 1 aromatic heterocycles. The molecule has 2 N–H and O–H groups in total. The summed E-state index contributed by atoms with van der Waals surface area (Å²) in [5, 5.41) is 0.673. The van der Waals surface area contributed by atoms with Crippen LogP contribution in [0.25, 0.3) is 0 Å². The zero-order valence-electron chi connectivity index (χ0n) is 10.6. The van der Waals surface area contributed by atoms with Crippen molar-refractivity contribution >= 4 is 23.8 Å². The lowest BCUT2D eigenvalue weighted by Crippen LogP contribution is -2.18. The molecule has 2 aromatic rings. The molecular weight excluding hydrogens is 280 g/mol. The maximum Gasteiger partial charge on any atom is 0.255 e. The molecule has 0 saturated carbocycles. The molecule has 1 heterocycles. The second-order valence-corrected chi connectivity index (χ2v) is 5.20. The summed E-state index contributed by atoms with van der Waals surface area (Å²) < 4.78 is 0.372. The Morgan fingerprint density at radius 2 is 2.00 bits per heavy atom. The molecule has 1 aromatic carbocycles. The number of aryl methyl sites for hydroxylation is 1. The molecule has 0 aliphatic heterocycles. The van der Waals surface area contributed by atoms with Crippen LogP contribution in [0.4, 0.5) is 0 Å². The van der Waals surface area contributed by atoms with Crippen molar-refractivity contribution in [3.8, 4) is 0 Å². The van der Waals surface area contributed by atoms with E-state index >= 15 is 0 Å². The van der Waals surface area contributed by atoms with E-state index in [1.807, 2.05) is 24.3 Å². The first-order chi connectivity index (χ1) is 9.11. The molecule has 19 heavy (non-hydrogen) atoms. The van der Waals surface area contributed by atoms with Crippen LogP contribution in [0.3, 0.4) is 0 Å². The Bertz CT molecular complexity index is 690. The number of benzene rings is 1. The number of hydrogen-bond acceptors (Lipinski definition) is 2. The molecule has 100 valence electrons. The predicted octanol–water partition coefficient (Wildman–Crippen LogP) is 3.63. The van der Waals surface area contributed by atoms with Crippen LogP contribution >= 0.6 is 23.8 Å². The molecule has 2 rings (SSSR count). The summed E-state index contributed by atoms with van der Waals surface area (Å²) in [6.07, 6.45) is 2.26. The minimum absolute atomic E-state index is 0.132. The van der Waals surface area contributed by atoms with Crippen molar-refractivity contribution in [2.45, 2.75) is 26.2 Å². The molecule has 0 unspecified atom stereocenters. The van der Waals surface area contributed by atoms with E-state index in [1.165, 1.54) is 0 Å². The molecule has 3 nitrogen and oxygen atoms in total. The van der Waals surface area contributed by atoms with E-state index in [2.05, 4.69) is 16.9 Å². The molecule has 5 heteroatoms. The van der Waals surface area contributed by atoms with E-state index in [4.69, 9.17) is 23.8 Å². The maximum atomic E-state index is 12.1. The predicted molar refractivity (Wildman–Crippen MR) is 80.5 cm³/mol. The minimum atomic E-state index is -0.132. The fourth-order valence-corrected chi connectivity index (χ4v) is 2.46. The normalized spacial score (nSPS) is 10.6. The van der Waals surface area contributed by atoms with Crippen LogP contribution in [0.2, 0.25) is 5.02 Å². The summed E-state index contributed by atoms with van der Waals surface area (Å²) in [5.41, 5.74) is 2.42. The average Bonchev–Trinajstić information content (AvgIpc) is 2.36. The van der Waals surface area contributed by atoms with Crippen molar-refractivity contribution in [3.05, 3.63) is 61.2 Å². The number of halogens is 1. The van der Waals surface area contributed by atoms with Gasteiger partial charge in [0.15, 0.2) is 4.77 Å². The first-order valence-corrected chi connectivity index (χ1v) is 6.98. The van der Waals surface area contributed by atoms with Gasteiger partial charge in [0.25, 0.3) is 5.56 Å². The van der Waals surface area contributed by atoms with Crippen LogP contribution in [-0.2, 0) is 12.8 Å². The van der Waals surface area contributed by atoms with Crippen LogP contribution in [0, 0.1) is 4.77 Å². The topological polar surface area (TPSA) is 48.6 Å². The maximum absolute atomic E-state index is 12.1. The quantitative estimate of drug-likeness (QED) is 0.846. The van der Waals surface area contributed by atoms with E-state index < -0.39 is 0 Å². The summed E-state index contributed by atoms with van der Waals surface area (Å²) in [5.74, 6) is 0. The number of hydrogen-bond donors (Lipinski definition) is 2. The number of H-pyrrole nitrogens is 2. The van der Waals surface area contributed by atoms with Crippen LogP contribution < -0.4 is 5.56 Å². The van der Waals surface area contributed by atoms with Crippen molar-refractivity contribution < 1.29 is 0 Å². The summed E-state index contributed by atoms with van der Waals surface area (Å²) in [6.45, 7) is 2.07. The van der Waals surface area contributed by atoms with Gasteiger partial charge in [-0.2, -0.15) is 0 Å². The highest BCUT2D eigenvalue weighted by Gasteiger charge is 2.10. The largest absolute Gasteiger partial charge is 0.336 e. The van der Waals surface area contributed by atoms with Crippen molar-refractivity contribution in [2.75, 3.05) is 0 Å². The molecule has 0 aliphatic rings. The first kappa shape index (κ1) is 14.0. The van der Waals surface area contributed by atoms with E-state index in [1.54, 1.807) is 0 Å². The third kappa shape index (κ3) is 3.33. The summed E-state index contributed by atoms with van der Waals surface area (Å²) in [4.78, 5) is 17.8. The number of aromatic amines is 2. The van der Waals surface area contributed by atoms with Gasteiger partial charge in [-0.05, 0) is 30.3 Å². The van der Waals surface area contributed by atoms with Crippen LogP contribution in [-0.4, -0.2) is 9.97 Å². The Kier molecular flexibility index (Phi) is 4.56. The van der Waals surface area contributed by atoms with Gasteiger partial charge in [-0.15, -0.1) is 0 Å². The van der Waals surface area contributed by atoms with Crippen molar-refractivity contribution in [2.24, 2.45) is 0 Å². The standard InChI is InChI=1S/C14H15ClN2OS/c1-2-5-12-10(13(18)17-14(19)16-12)8-9-6-3-4-7-11(9)15/h3-4,6-7H,2,5,8H2,1H3,(H2,16,17,18,19). The van der Waals surface area contributed by atoms with Crippen molar-refractivity contribution in [1.82, 2.24) is 9.97 Å². The molecule has 0 aliphatic carbocycles. The van der Waals surface area contributed by atoms with Crippen LogP contribution in [0.1, 0.15) is 30.2 Å². The molecule has 0 amide bonds. The van der Waals surface area contributed by atoms with Crippen molar-refractivity contribution in [1.29, 1.82) is 0 Å². The van der Waals surface area contributed by atoms with Gasteiger partial charge in [-0.1, -0.05) is 43.1 Å². The van der Waals surface area contributed by atoms with Gasteiger partial charge in [-0.25, -0.2) is 0 Å². The molecule has 0 bridgehead atoms. The number of rotatable bonds is 4. The van der Waals surface area contributed by atoms with E-state index in [9.17, 15) is 4.79 Å². The third-order valence-electron chi connectivity index (χ3n) is 2.95. The molecule has 0 radical (unpaired) electrons. The second-order valence-electron chi connectivity index (χ2n) is 4.38. The zero-order valence-corrected chi connectivity index (χ0v) is 12.2. The summed E-state index contributed by atoms with van der Waals surface area (Å²) in [7, 11) is 0. The first-order valence-electron chi connectivity index (χ1n) is 6.19. The minimum Gasteiger partial charge on any atom is -0.336 e. The Hall–Kier alpha value is -1.39. The Morgan fingerprint density at radius 1 is 1.26 bits per heavy atom. The van der Waals surface area contributed by atoms with E-state index in [0.717, 1.165) is 24.1 Å². The molecule has 0 spiro atoms. The second kappa shape index (κ2) is 6.17. The monoisotopic (exact) mass is 294 g/mol. The van der Waals surface area contributed by atoms with Gasteiger partial charge >= 0.3 is 0 Å². The van der Waals surface area contributed by atoms with Crippen molar-refractivity contribution in [3.63, 3.8) is 0 Å². The lowest BCUT2D eigenvalue weighted by atomic mass is 10.0. The number of aromatic nitrogens is 2. The van der Waals surface area contributed by atoms with Gasteiger partial charge in [0, 0.05) is 22.7 Å². The lowest BCUT2D eigenvalue weighted by Gasteiger charge is -2.09. The SMILES string of the molecule is CCCc1[nH]c(=S)[nH]c(=O)c1Cc1ccccc1Cl. The van der Waals surface area contributed by atoms with Gasteiger partial charge in [0.2, 0.25) is 0 Å². The Morgan fingerprint density at radius 3 is 2.68 bits per heavy atom. The molecular formula is C14H15ClN2OS. The Balaban J connectivity index is 2.48. The average molecular weight is 295 g/mol. The van der Waals surface area contributed by atoms with E-state index in [0.29, 0.717) is 21.8 Å². The highest BCUT2D eigenvalue weighted by molar-refractivity contribution is 7.71. The fourth-order valence-electron chi connectivity index (χ4n) is 2.04. The third-order valence-corrected chi connectivity index (χ3v) is 3.53. The van der Waals surface area contributed by atoms with Gasteiger partial charge < -0.3 is 4.98 Å². The summed E-state index contributed by atoms with van der Waals surface area (Å²) in [6, 6.07) is 7.55. The highest BCUT2D eigenvalue weighted by atomic mass is 35.5. The highest BCUT2D eigenvalue weighted by Crippen LogP contribution is 2.19. The van der Waals surface area contributed by atoms with E-state index in [-0.39, 0.29) is 5.56 Å². The number of nitrogens with one attached hydrogen (secondary N) is 2.